The average Bonchev–Trinajstić information content (AvgIpc) is 0.917. The van der Waals surface area contributed by atoms with Crippen LogP contribution in [0.15, 0.2) is 85.1 Å². The summed E-state index contributed by atoms with van der Waals surface area (Å²) in [5.41, 5.74) is 0. The number of rotatable bonds is 77. The fourth-order valence-corrected chi connectivity index (χ4v) is 12.6. The van der Waals surface area contributed by atoms with Crippen LogP contribution >= 0.6 is 15.6 Å². The number of phosphoric ester groups is 2. The number of ether oxygens (including phenoxy) is 4. The number of esters is 4. The van der Waals surface area contributed by atoms with Crippen molar-refractivity contribution in [1.82, 2.24) is 0 Å². The summed E-state index contributed by atoms with van der Waals surface area (Å²) in [4.78, 5) is 73.0. The van der Waals surface area contributed by atoms with Crippen molar-refractivity contribution in [3.05, 3.63) is 85.1 Å². The highest BCUT2D eigenvalue weighted by Crippen LogP contribution is 2.45. The number of phosphoric acid groups is 2. The highest BCUT2D eigenvalue weighted by Gasteiger charge is 2.30. The fourth-order valence-electron chi connectivity index (χ4n) is 11.1. The Balaban J connectivity index is 5.41. The first-order valence-electron chi connectivity index (χ1n) is 40.8. The maximum Gasteiger partial charge on any atom is 0.472 e. The molecular weight excluding hydrogens is 1330 g/mol. The molecule has 0 aromatic heterocycles. The number of aliphatic hydroxyl groups is 1. The van der Waals surface area contributed by atoms with Crippen molar-refractivity contribution < 1.29 is 80.2 Å². The van der Waals surface area contributed by atoms with Gasteiger partial charge in [-0.05, 0) is 122 Å². The summed E-state index contributed by atoms with van der Waals surface area (Å²) >= 11 is 0. The van der Waals surface area contributed by atoms with Crippen molar-refractivity contribution in [2.24, 2.45) is 0 Å². The SMILES string of the molecule is CCCCC/C=C\C/C=C\C/C=C\C/C=C\CCCC(=O)O[C@H](COC(=O)CCCCCCC/C=C\C/C=C\CCCCC)COP(=O)(O)OC[C@H](O)COP(=O)(O)OC[C@@H](COC(=O)CCCCCCC/C=C\CCCCCCCC)OC(=O)CCCCCCCCCCCCCCCCC. The van der Waals surface area contributed by atoms with Gasteiger partial charge in [0.25, 0.3) is 0 Å². The van der Waals surface area contributed by atoms with Crippen LogP contribution < -0.4 is 0 Å². The number of allylic oxidation sites excluding steroid dienone is 14. The number of hydrogen-bond donors (Lipinski definition) is 3. The largest absolute Gasteiger partial charge is 0.472 e. The van der Waals surface area contributed by atoms with Gasteiger partial charge in [0.2, 0.25) is 0 Å². The van der Waals surface area contributed by atoms with E-state index in [4.69, 9.17) is 37.0 Å². The molecule has 0 aliphatic rings. The zero-order valence-corrected chi connectivity index (χ0v) is 66.6. The van der Waals surface area contributed by atoms with Crippen molar-refractivity contribution >= 4 is 39.5 Å². The van der Waals surface area contributed by atoms with E-state index in [9.17, 15) is 43.2 Å². The zero-order valence-electron chi connectivity index (χ0n) is 64.8. The lowest BCUT2D eigenvalue weighted by Gasteiger charge is -2.21. The lowest BCUT2D eigenvalue weighted by atomic mass is 10.0. The van der Waals surface area contributed by atoms with E-state index in [2.05, 4.69) is 101 Å². The summed E-state index contributed by atoms with van der Waals surface area (Å²) in [5.74, 6) is -2.24. The van der Waals surface area contributed by atoms with Crippen LogP contribution in [0.5, 0.6) is 0 Å². The Morgan fingerprint density at radius 2 is 0.490 bits per heavy atom. The molecule has 0 heterocycles. The van der Waals surface area contributed by atoms with E-state index in [-0.39, 0.29) is 25.7 Å². The molecule has 0 aliphatic heterocycles. The highest BCUT2D eigenvalue weighted by molar-refractivity contribution is 7.47. The van der Waals surface area contributed by atoms with Crippen molar-refractivity contribution in [2.45, 2.75) is 380 Å². The van der Waals surface area contributed by atoms with Crippen molar-refractivity contribution in [3.63, 3.8) is 0 Å². The molecule has 0 radical (unpaired) electrons. The van der Waals surface area contributed by atoms with Gasteiger partial charge in [0.15, 0.2) is 12.2 Å². The molecule has 0 rings (SSSR count). The predicted octanol–water partition coefficient (Wildman–Crippen LogP) is 23.8. The van der Waals surface area contributed by atoms with Crippen LogP contribution in [0.25, 0.3) is 0 Å². The smallest absolute Gasteiger partial charge is 0.462 e. The molecule has 0 saturated heterocycles. The van der Waals surface area contributed by atoms with Gasteiger partial charge in [0.1, 0.15) is 19.3 Å². The quantitative estimate of drug-likeness (QED) is 0.0169. The monoisotopic (exact) mass is 1480 g/mol. The van der Waals surface area contributed by atoms with Crippen LogP contribution in [-0.2, 0) is 65.4 Å². The van der Waals surface area contributed by atoms with Gasteiger partial charge >= 0.3 is 39.5 Å². The van der Waals surface area contributed by atoms with Gasteiger partial charge in [-0.15, -0.1) is 0 Å². The van der Waals surface area contributed by atoms with Crippen LogP contribution in [0.1, 0.15) is 362 Å². The molecule has 0 saturated carbocycles. The molecule has 0 fully saturated rings. The van der Waals surface area contributed by atoms with Gasteiger partial charge in [0.05, 0.1) is 26.4 Å². The van der Waals surface area contributed by atoms with E-state index < -0.39 is 97.5 Å². The molecule has 2 unspecified atom stereocenters. The highest BCUT2D eigenvalue weighted by atomic mass is 31.2. The molecule has 17 nitrogen and oxygen atoms in total. The maximum atomic E-state index is 13.1. The third-order valence-corrected chi connectivity index (χ3v) is 19.2. The lowest BCUT2D eigenvalue weighted by molar-refractivity contribution is -0.161. The van der Waals surface area contributed by atoms with Crippen LogP contribution in [0.4, 0.5) is 0 Å². The molecule has 102 heavy (non-hydrogen) atoms. The molecular formula is C83H148O17P2. The van der Waals surface area contributed by atoms with Gasteiger partial charge in [0, 0.05) is 25.7 Å². The Hall–Kier alpha value is -3.76. The Morgan fingerprint density at radius 1 is 0.275 bits per heavy atom. The third-order valence-electron chi connectivity index (χ3n) is 17.3. The number of unbranched alkanes of at least 4 members (excludes halogenated alkanes) is 37. The predicted molar refractivity (Wildman–Crippen MR) is 418 cm³/mol. The molecule has 0 bridgehead atoms. The van der Waals surface area contributed by atoms with Crippen LogP contribution in [0, 0.1) is 0 Å². The average molecular weight is 1480 g/mol. The Kier molecular flexibility index (Phi) is 72.7. The molecule has 19 heteroatoms. The second kappa shape index (κ2) is 75.5. The third kappa shape index (κ3) is 74.5. The first kappa shape index (κ1) is 98.2. The second-order valence-corrected chi connectivity index (χ2v) is 30.3. The Bertz CT molecular complexity index is 2260. The fraction of sp³-hybridized carbons (Fsp3) is 0.783. The van der Waals surface area contributed by atoms with Gasteiger partial charge in [-0.1, -0.05) is 299 Å². The Morgan fingerprint density at radius 3 is 0.804 bits per heavy atom. The summed E-state index contributed by atoms with van der Waals surface area (Å²) < 4.78 is 68.6. The summed E-state index contributed by atoms with van der Waals surface area (Å²) in [6.07, 6.45) is 78.4. The van der Waals surface area contributed by atoms with E-state index >= 15 is 0 Å². The maximum absolute atomic E-state index is 13.1. The Labute approximate surface area is 621 Å². The number of aliphatic hydroxyl groups excluding tert-OH is 1. The molecule has 0 amide bonds. The number of hydrogen-bond acceptors (Lipinski definition) is 15. The molecule has 592 valence electrons. The molecule has 0 spiro atoms. The van der Waals surface area contributed by atoms with E-state index in [0.717, 1.165) is 135 Å². The van der Waals surface area contributed by atoms with Crippen molar-refractivity contribution in [1.29, 1.82) is 0 Å². The van der Waals surface area contributed by atoms with Crippen LogP contribution in [0.2, 0.25) is 0 Å². The first-order chi connectivity index (χ1) is 49.7. The van der Waals surface area contributed by atoms with Crippen molar-refractivity contribution in [2.75, 3.05) is 39.6 Å². The topological polar surface area (TPSA) is 237 Å². The van der Waals surface area contributed by atoms with E-state index in [1.165, 1.54) is 141 Å². The van der Waals surface area contributed by atoms with Gasteiger partial charge < -0.3 is 33.8 Å². The molecule has 0 aliphatic carbocycles. The second-order valence-electron chi connectivity index (χ2n) is 27.4. The summed E-state index contributed by atoms with van der Waals surface area (Å²) in [7, 11) is -9.97. The summed E-state index contributed by atoms with van der Waals surface area (Å²) in [6.45, 7) is 4.79. The minimum Gasteiger partial charge on any atom is -0.462 e. The zero-order chi connectivity index (χ0) is 74.6. The summed E-state index contributed by atoms with van der Waals surface area (Å²) in [5, 5.41) is 10.6. The number of carbonyl (C=O) groups excluding carboxylic acids is 4. The van der Waals surface area contributed by atoms with E-state index in [0.29, 0.717) is 32.1 Å². The van der Waals surface area contributed by atoms with E-state index in [1.807, 2.05) is 12.2 Å². The van der Waals surface area contributed by atoms with Crippen LogP contribution in [-0.4, -0.2) is 96.7 Å². The van der Waals surface area contributed by atoms with E-state index in [1.54, 1.807) is 0 Å². The normalized spacial score (nSPS) is 14.3. The van der Waals surface area contributed by atoms with Crippen molar-refractivity contribution in [3.8, 4) is 0 Å². The number of carbonyl (C=O) groups is 4. The first-order valence-corrected chi connectivity index (χ1v) is 43.8. The molecule has 3 N–H and O–H groups in total. The van der Waals surface area contributed by atoms with Gasteiger partial charge in [-0.2, -0.15) is 0 Å². The van der Waals surface area contributed by atoms with Crippen LogP contribution in [0.3, 0.4) is 0 Å². The summed E-state index contributed by atoms with van der Waals surface area (Å²) in [6, 6.07) is 0. The molecule has 0 aromatic carbocycles. The standard InChI is InChI=1S/C83H148O17P2/c1-5-9-13-17-21-25-29-33-37-38-42-46-50-54-58-62-66-70-83(88)100-79(74-94-81(86)68-64-60-56-52-48-44-40-35-31-27-23-19-15-11-7-3)76-98-102(91,92)96-72-77(84)71-95-101(89,90)97-75-78(99-82(87)69-65-61-57-53-49-45-41-36-32-28-24-20-16-12-8-4)73-93-80(85)67-63-59-55-51-47-43-39-34-30-26-22-18-14-10-6-2/h21,23,25,27,33-35,37,39-40,42,46,54,58,77-79,84H,5-20,22,24,26,28-32,36,38,41,43-45,47-53,55-57,59-76H2,1-4H3,(H,89,90)(H,91,92)/b25-21-,27-23-,37-33-,39-34-,40-35-,46-42-,58-54-/t77-,78-,79-/m1/s1. The minimum absolute atomic E-state index is 0.0173. The van der Waals surface area contributed by atoms with Gasteiger partial charge in [-0.3, -0.25) is 37.3 Å². The minimum atomic E-state index is -4.99. The lowest BCUT2D eigenvalue weighted by Crippen LogP contribution is -2.30. The van der Waals surface area contributed by atoms with Gasteiger partial charge in [-0.25, -0.2) is 9.13 Å². The molecule has 5 atom stereocenters. The molecule has 0 aromatic rings.